The number of carbonyl (C=O) groups is 1. The van der Waals surface area contributed by atoms with Crippen molar-refractivity contribution >= 4 is 28.8 Å². The SMILES string of the molecule is Cn1c(C=O)cc2c(Cl)nccc21. The molecule has 0 saturated carbocycles. The van der Waals surface area contributed by atoms with Crippen molar-refractivity contribution in [3.05, 3.63) is 29.2 Å². The molecule has 0 atom stereocenters. The van der Waals surface area contributed by atoms with Crippen molar-refractivity contribution in [2.24, 2.45) is 7.05 Å². The molecule has 0 saturated heterocycles. The van der Waals surface area contributed by atoms with Crippen molar-refractivity contribution in [2.45, 2.75) is 0 Å². The molecule has 0 fully saturated rings. The number of aldehydes is 1. The predicted octanol–water partition coefficient (Wildman–Crippen LogP) is 2.04. The normalized spacial score (nSPS) is 10.6. The van der Waals surface area contributed by atoms with Crippen LogP contribution in [0.3, 0.4) is 0 Å². The van der Waals surface area contributed by atoms with E-state index in [4.69, 9.17) is 11.6 Å². The van der Waals surface area contributed by atoms with Gasteiger partial charge in [0.15, 0.2) is 6.29 Å². The van der Waals surface area contributed by atoms with Gasteiger partial charge in [0, 0.05) is 18.6 Å². The van der Waals surface area contributed by atoms with Crippen molar-refractivity contribution in [1.82, 2.24) is 9.55 Å². The molecule has 2 aromatic heterocycles. The summed E-state index contributed by atoms with van der Waals surface area (Å²) in [5, 5.41) is 1.25. The second-order valence-corrected chi connectivity index (χ2v) is 3.14. The van der Waals surface area contributed by atoms with Crippen molar-refractivity contribution in [3.8, 4) is 0 Å². The van der Waals surface area contributed by atoms with Crippen LogP contribution in [0.4, 0.5) is 0 Å². The lowest BCUT2D eigenvalue weighted by atomic mass is 10.3. The summed E-state index contributed by atoms with van der Waals surface area (Å²) in [6.45, 7) is 0. The Labute approximate surface area is 79.9 Å². The van der Waals surface area contributed by atoms with Gasteiger partial charge in [-0.3, -0.25) is 4.79 Å². The fraction of sp³-hybridized carbons (Fsp3) is 0.111. The van der Waals surface area contributed by atoms with Crippen LogP contribution in [0.5, 0.6) is 0 Å². The molecule has 2 aromatic rings. The summed E-state index contributed by atoms with van der Waals surface area (Å²) in [6.07, 6.45) is 2.43. The van der Waals surface area contributed by atoms with Crippen LogP contribution in [-0.2, 0) is 7.05 Å². The predicted molar refractivity (Wildman–Crippen MR) is 51.1 cm³/mol. The molecule has 0 aliphatic heterocycles. The zero-order valence-electron chi connectivity index (χ0n) is 6.99. The quantitative estimate of drug-likeness (QED) is 0.514. The molecule has 0 spiro atoms. The minimum absolute atomic E-state index is 0.432. The van der Waals surface area contributed by atoms with Gasteiger partial charge in [0.05, 0.1) is 11.2 Å². The number of pyridine rings is 1. The lowest BCUT2D eigenvalue weighted by Crippen LogP contribution is -1.92. The van der Waals surface area contributed by atoms with Gasteiger partial charge < -0.3 is 4.57 Å². The third-order valence-corrected chi connectivity index (χ3v) is 2.38. The standard InChI is InChI=1S/C9H7ClN2O/c1-12-6(5-13)4-7-8(12)2-3-11-9(7)10/h2-5H,1H3. The summed E-state index contributed by atoms with van der Waals surface area (Å²) in [6, 6.07) is 3.56. The summed E-state index contributed by atoms with van der Waals surface area (Å²) < 4.78 is 1.79. The maximum Gasteiger partial charge on any atom is 0.166 e. The first-order valence-corrected chi connectivity index (χ1v) is 4.17. The van der Waals surface area contributed by atoms with Crippen LogP contribution in [0, 0.1) is 0 Å². The Morgan fingerprint density at radius 3 is 3.00 bits per heavy atom. The zero-order chi connectivity index (χ0) is 9.42. The van der Waals surface area contributed by atoms with E-state index in [9.17, 15) is 4.79 Å². The van der Waals surface area contributed by atoms with Gasteiger partial charge in [-0.2, -0.15) is 0 Å². The molecular formula is C9H7ClN2O. The third-order valence-electron chi connectivity index (χ3n) is 2.08. The van der Waals surface area contributed by atoms with Gasteiger partial charge in [-0.25, -0.2) is 4.98 Å². The van der Waals surface area contributed by atoms with Gasteiger partial charge >= 0.3 is 0 Å². The Morgan fingerprint density at radius 2 is 2.38 bits per heavy atom. The van der Waals surface area contributed by atoms with Crippen LogP contribution in [0.1, 0.15) is 10.5 Å². The molecule has 3 nitrogen and oxygen atoms in total. The van der Waals surface area contributed by atoms with Crippen molar-refractivity contribution in [1.29, 1.82) is 0 Å². The van der Waals surface area contributed by atoms with Gasteiger partial charge in [-0.05, 0) is 12.1 Å². The minimum atomic E-state index is 0.432. The van der Waals surface area contributed by atoms with E-state index in [0.717, 1.165) is 17.2 Å². The zero-order valence-corrected chi connectivity index (χ0v) is 7.75. The molecule has 0 bridgehead atoms. The maximum atomic E-state index is 10.6. The van der Waals surface area contributed by atoms with Gasteiger partial charge in [0.2, 0.25) is 0 Å². The monoisotopic (exact) mass is 194 g/mol. The second-order valence-electron chi connectivity index (χ2n) is 2.78. The average molecular weight is 195 g/mol. The van der Waals surface area contributed by atoms with Crippen LogP contribution in [-0.4, -0.2) is 15.8 Å². The third kappa shape index (κ3) is 1.12. The van der Waals surface area contributed by atoms with Crippen LogP contribution in [0.25, 0.3) is 10.9 Å². The Bertz CT molecular complexity index is 476. The van der Waals surface area contributed by atoms with Crippen molar-refractivity contribution < 1.29 is 4.79 Å². The van der Waals surface area contributed by atoms with E-state index in [1.165, 1.54) is 0 Å². The van der Waals surface area contributed by atoms with Crippen LogP contribution in [0.2, 0.25) is 5.15 Å². The highest BCUT2D eigenvalue weighted by Gasteiger charge is 2.07. The van der Waals surface area contributed by atoms with E-state index >= 15 is 0 Å². The summed E-state index contributed by atoms with van der Waals surface area (Å²) >= 11 is 5.86. The maximum absolute atomic E-state index is 10.6. The van der Waals surface area contributed by atoms with E-state index in [1.54, 1.807) is 16.8 Å². The molecule has 0 N–H and O–H groups in total. The molecule has 13 heavy (non-hydrogen) atoms. The Morgan fingerprint density at radius 1 is 1.62 bits per heavy atom. The second kappa shape index (κ2) is 2.85. The molecule has 0 aromatic carbocycles. The summed E-state index contributed by atoms with van der Waals surface area (Å²) in [5.41, 5.74) is 1.52. The Hall–Kier alpha value is -1.35. The number of hydrogen-bond donors (Lipinski definition) is 0. The largest absolute Gasteiger partial charge is 0.341 e. The Balaban J connectivity index is 2.91. The van der Waals surface area contributed by atoms with Crippen LogP contribution < -0.4 is 0 Å². The van der Waals surface area contributed by atoms with Crippen LogP contribution in [0.15, 0.2) is 18.3 Å². The first-order valence-electron chi connectivity index (χ1n) is 3.79. The number of rotatable bonds is 1. The highest BCUT2D eigenvalue weighted by molar-refractivity contribution is 6.34. The van der Waals surface area contributed by atoms with Gasteiger partial charge in [0.1, 0.15) is 5.15 Å². The van der Waals surface area contributed by atoms with Crippen molar-refractivity contribution in [2.75, 3.05) is 0 Å². The molecule has 4 heteroatoms. The van der Waals surface area contributed by atoms with E-state index in [0.29, 0.717) is 10.8 Å². The first-order chi connectivity index (χ1) is 6.24. The summed E-state index contributed by atoms with van der Waals surface area (Å²) in [5.74, 6) is 0. The van der Waals surface area contributed by atoms with E-state index in [2.05, 4.69) is 4.98 Å². The molecule has 2 heterocycles. The highest BCUT2D eigenvalue weighted by Crippen LogP contribution is 2.23. The smallest absolute Gasteiger partial charge is 0.166 e. The molecule has 0 amide bonds. The average Bonchev–Trinajstić information content (AvgIpc) is 2.45. The van der Waals surface area contributed by atoms with E-state index in [-0.39, 0.29) is 0 Å². The fourth-order valence-corrected chi connectivity index (χ4v) is 1.57. The fourth-order valence-electron chi connectivity index (χ4n) is 1.36. The number of nitrogens with zero attached hydrogens (tertiary/aromatic N) is 2. The number of aryl methyl sites for hydroxylation is 1. The number of hydrogen-bond acceptors (Lipinski definition) is 2. The van der Waals surface area contributed by atoms with Gasteiger partial charge in [0.25, 0.3) is 0 Å². The Kier molecular flexibility index (Phi) is 1.81. The first kappa shape index (κ1) is 8.26. The number of aromatic nitrogens is 2. The van der Waals surface area contributed by atoms with Crippen LogP contribution >= 0.6 is 11.6 Å². The minimum Gasteiger partial charge on any atom is -0.341 e. The van der Waals surface area contributed by atoms with Gasteiger partial charge in [-0.1, -0.05) is 11.6 Å². The molecule has 0 aliphatic carbocycles. The van der Waals surface area contributed by atoms with Gasteiger partial charge in [-0.15, -0.1) is 0 Å². The molecule has 0 unspecified atom stereocenters. The van der Waals surface area contributed by atoms with Crippen molar-refractivity contribution in [3.63, 3.8) is 0 Å². The van der Waals surface area contributed by atoms with E-state index in [1.807, 2.05) is 13.1 Å². The highest BCUT2D eigenvalue weighted by atomic mass is 35.5. The molecular weight excluding hydrogens is 188 g/mol. The number of fused-ring (bicyclic) bond motifs is 1. The molecule has 2 rings (SSSR count). The lowest BCUT2D eigenvalue weighted by Gasteiger charge is -1.96. The number of carbonyl (C=O) groups excluding carboxylic acids is 1. The summed E-state index contributed by atoms with van der Waals surface area (Å²) in [4.78, 5) is 14.6. The molecule has 0 radical (unpaired) electrons. The lowest BCUT2D eigenvalue weighted by molar-refractivity contribution is 0.111. The number of halogens is 1. The molecule has 0 aliphatic rings. The molecule has 66 valence electrons. The summed E-state index contributed by atoms with van der Waals surface area (Å²) in [7, 11) is 1.82. The topological polar surface area (TPSA) is 34.9 Å². The van der Waals surface area contributed by atoms with E-state index < -0.39 is 0 Å².